The van der Waals surface area contributed by atoms with E-state index in [9.17, 15) is 14.2 Å². The molecule has 19 heavy (non-hydrogen) atoms. The summed E-state index contributed by atoms with van der Waals surface area (Å²) < 4.78 is 23.7. The van der Waals surface area contributed by atoms with Crippen LogP contribution in [-0.4, -0.2) is 22.8 Å². The van der Waals surface area contributed by atoms with E-state index in [4.69, 9.17) is 9.05 Å². The highest BCUT2D eigenvalue weighted by atomic mass is 127. The van der Waals surface area contributed by atoms with Crippen molar-refractivity contribution in [3.63, 3.8) is 0 Å². The maximum atomic E-state index is 12.1. The normalized spacial score (nSPS) is 12.2. The van der Waals surface area contributed by atoms with Gasteiger partial charge < -0.3 is 9.05 Å². The number of halogens is 1. The molecule has 0 unspecified atom stereocenters. The third-order valence-electron chi connectivity index (χ3n) is 1.95. The maximum Gasteiger partial charge on any atom is 0.355 e. The molecule has 0 aliphatic rings. The Bertz CT molecular complexity index is 611. The average molecular weight is 400 g/mol. The van der Waals surface area contributed by atoms with Gasteiger partial charge in [0.05, 0.1) is 16.8 Å². The van der Waals surface area contributed by atoms with Crippen LogP contribution in [0.3, 0.4) is 0 Å². The van der Waals surface area contributed by atoms with Gasteiger partial charge in [0.1, 0.15) is 0 Å². The molecule has 0 saturated carbocycles. The van der Waals surface area contributed by atoms with Crippen LogP contribution in [-0.2, 0) is 13.6 Å². The lowest BCUT2D eigenvalue weighted by Gasteiger charge is -2.12. The van der Waals surface area contributed by atoms with Crippen LogP contribution in [0.2, 0.25) is 0 Å². The molecule has 0 radical (unpaired) electrons. The van der Waals surface area contributed by atoms with Gasteiger partial charge in [-0.1, -0.05) is 0 Å². The summed E-state index contributed by atoms with van der Waals surface area (Å²) in [7, 11) is -3.37. The minimum absolute atomic E-state index is 0.222. The summed E-state index contributed by atoms with van der Waals surface area (Å²) in [6.45, 7) is 3.82. The number of nitrogens with one attached hydrogen (secondary N) is 1. The highest BCUT2D eigenvalue weighted by Crippen LogP contribution is 2.49. The van der Waals surface area contributed by atoms with Gasteiger partial charge in [0.2, 0.25) is 0 Å². The van der Waals surface area contributed by atoms with Gasteiger partial charge in [-0.05, 0) is 36.4 Å². The van der Waals surface area contributed by atoms with Crippen molar-refractivity contribution in [3.8, 4) is 0 Å². The Kier molecular flexibility index (Phi) is 6.18. The zero-order chi connectivity index (χ0) is 14.5. The topological polar surface area (TPSA) is 90.4 Å². The van der Waals surface area contributed by atoms with Crippen molar-refractivity contribution >= 4 is 36.4 Å². The molecule has 106 valence electrons. The van der Waals surface area contributed by atoms with Crippen LogP contribution in [0.4, 0.5) is 0 Å². The molecule has 0 aromatic carbocycles. The molecule has 0 aliphatic heterocycles. The van der Waals surface area contributed by atoms with Crippen LogP contribution >= 0.6 is 30.2 Å². The summed E-state index contributed by atoms with van der Waals surface area (Å²) in [5, 5.41) is 0. The number of hydrogen-bond donors (Lipinski definition) is 1. The highest BCUT2D eigenvalue weighted by Gasteiger charge is 2.19. The first kappa shape index (κ1) is 16.4. The molecule has 1 heterocycles. The van der Waals surface area contributed by atoms with E-state index in [2.05, 4.69) is 4.98 Å². The fourth-order valence-electron chi connectivity index (χ4n) is 1.21. The van der Waals surface area contributed by atoms with Gasteiger partial charge in [0.25, 0.3) is 5.56 Å². The van der Waals surface area contributed by atoms with Crippen LogP contribution in [0.15, 0.2) is 21.6 Å². The molecule has 1 N–H and O–H groups in total. The van der Waals surface area contributed by atoms with E-state index in [-0.39, 0.29) is 13.2 Å². The maximum absolute atomic E-state index is 12.1. The van der Waals surface area contributed by atoms with Gasteiger partial charge >= 0.3 is 13.3 Å². The fourth-order valence-corrected chi connectivity index (χ4v) is 2.92. The second-order valence-corrected chi connectivity index (χ2v) is 6.37. The van der Waals surface area contributed by atoms with Gasteiger partial charge in [-0.2, -0.15) is 0 Å². The van der Waals surface area contributed by atoms with Crippen molar-refractivity contribution in [1.29, 1.82) is 0 Å². The SMILES string of the molecule is CCOP(=O)(/C=C\n1cc(I)c(=O)[nH]c1=O)OCC. The van der Waals surface area contributed by atoms with Crippen molar-refractivity contribution in [3.05, 3.63) is 36.4 Å². The monoisotopic (exact) mass is 400 g/mol. The zero-order valence-electron chi connectivity index (χ0n) is 10.5. The van der Waals surface area contributed by atoms with Crippen molar-refractivity contribution in [2.24, 2.45) is 0 Å². The largest absolute Gasteiger partial charge is 0.355 e. The van der Waals surface area contributed by atoms with Crippen LogP contribution < -0.4 is 11.2 Å². The Morgan fingerprint density at radius 3 is 2.47 bits per heavy atom. The second kappa shape index (κ2) is 7.18. The summed E-state index contributed by atoms with van der Waals surface area (Å²) >= 11 is 1.79. The van der Waals surface area contributed by atoms with Crippen LogP contribution in [0.1, 0.15) is 13.8 Å². The number of aromatic nitrogens is 2. The summed E-state index contributed by atoms with van der Waals surface area (Å²) in [6, 6.07) is 0. The van der Waals surface area contributed by atoms with Crippen molar-refractivity contribution < 1.29 is 13.6 Å². The first-order valence-corrected chi connectivity index (χ1v) is 8.20. The van der Waals surface area contributed by atoms with Gasteiger partial charge in [0.15, 0.2) is 0 Å². The number of H-pyrrole nitrogens is 1. The minimum atomic E-state index is -3.37. The molecule has 0 atom stereocenters. The molecule has 1 aromatic heterocycles. The van der Waals surface area contributed by atoms with E-state index >= 15 is 0 Å². The molecule has 0 bridgehead atoms. The third kappa shape index (κ3) is 4.72. The smallest absolute Gasteiger partial charge is 0.306 e. The van der Waals surface area contributed by atoms with Crippen molar-refractivity contribution in [1.82, 2.24) is 9.55 Å². The highest BCUT2D eigenvalue weighted by molar-refractivity contribution is 14.1. The molecular formula is C10H14IN2O5P. The third-order valence-corrected chi connectivity index (χ3v) is 4.46. The van der Waals surface area contributed by atoms with Crippen LogP contribution in [0.25, 0.3) is 6.20 Å². The number of aromatic amines is 1. The predicted molar refractivity (Wildman–Crippen MR) is 80.2 cm³/mol. The lowest BCUT2D eigenvalue weighted by atomic mass is 10.6. The van der Waals surface area contributed by atoms with Gasteiger partial charge in [-0.25, -0.2) is 4.79 Å². The molecule has 0 amide bonds. The minimum Gasteiger partial charge on any atom is -0.306 e. The van der Waals surface area contributed by atoms with Gasteiger partial charge in [-0.3, -0.25) is 18.9 Å². The molecule has 7 nitrogen and oxygen atoms in total. The zero-order valence-corrected chi connectivity index (χ0v) is 13.5. The van der Waals surface area contributed by atoms with E-state index in [0.29, 0.717) is 3.57 Å². The van der Waals surface area contributed by atoms with E-state index < -0.39 is 18.8 Å². The second-order valence-electron chi connectivity index (χ2n) is 3.32. The number of hydrogen-bond acceptors (Lipinski definition) is 5. The van der Waals surface area contributed by atoms with Crippen LogP contribution in [0.5, 0.6) is 0 Å². The van der Waals surface area contributed by atoms with E-state index in [1.807, 2.05) is 0 Å². The fraction of sp³-hybridized carbons (Fsp3) is 0.400. The molecule has 0 saturated heterocycles. The molecule has 0 fully saturated rings. The van der Waals surface area contributed by atoms with E-state index in [1.165, 1.54) is 18.2 Å². The number of nitrogens with zero attached hydrogens (tertiary/aromatic N) is 1. The Morgan fingerprint density at radius 1 is 1.37 bits per heavy atom. The summed E-state index contributed by atoms with van der Waals surface area (Å²) in [6.07, 6.45) is 2.59. The summed E-state index contributed by atoms with van der Waals surface area (Å²) in [4.78, 5) is 24.8. The average Bonchev–Trinajstić information content (AvgIpc) is 2.33. The predicted octanol–water partition coefficient (Wildman–Crippen LogP) is 1.84. The van der Waals surface area contributed by atoms with Crippen molar-refractivity contribution in [2.75, 3.05) is 13.2 Å². The Morgan fingerprint density at radius 2 is 1.95 bits per heavy atom. The summed E-state index contributed by atoms with van der Waals surface area (Å²) in [5.74, 6) is 1.19. The Labute approximate surface area is 123 Å². The van der Waals surface area contributed by atoms with E-state index in [0.717, 1.165) is 4.57 Å². The molecule has 1 aromatic rings. The lowest BCUT2D eigenvalue weighted by molar-refractivity contribution is 0.229. The molecule has 1 rings (SSSR count). The van der Waals surface area contributed by atoms with Gasteiger partial charge in [-0.15, -0.1) is 0 Å². The Balaban J connectivity index is 3.09. The molecular weight excluding hydrogens is 386 g/mol. The summed E-state index contributed by atoms with van der Waals surface area (Å²) in [5.41, 5.74) is -1.09. The standard InChI is InChI=1S/C10H14IN2O5P/c1-3-17-19(16,18-4-2)6-5-13-7-8(11)9(14)12-10(13)15/h5-7H,3-4H2,1-2H3,(H,12,14,15)/b6-5-. The van der Waals surface area contributed by atoms with Crippen molar-refractivity contribution in [2.45, 2.75) is 13.8 Å². The number of rotatable bonds is 6. The first-order valence-electron chi connectivity index (χ1n) is 5.51. The lowest BCUT2D eigenvalue weighted by Crippen LogP contribution is -2.28. The van der Waals surface area contributed by atoms with Gasteiger partial charge in [0, 0.05) is 18.2 Å². The van der Waals surface area contributed by atoms with Crippen LogP contribution in [0, 0.1) is 3.57 Å². The molecule has 9 heteroatoms. The van der Waals surface area contributed by atoms with E-state index in [1.54, 1.807) is 36.4 Å². The Hall–Kier alpha value is -0.700. The first-order chi connectivity index (χ1) is 8.91. The molecule has 0 spiro atoms. The molecule has 0 aliphatic carbocycles. The quantitative estimate of drug-likeness (QED) is 0.582.